The Hall–Kier alpha value is -2.21. The minimum atomic E-state index is -0.344. The van der Waals surface area contributed by atoms with Gasteiger partial charge in [-0.3, -0.25) is 4.79 Å². The molecular weight excluding hydrogens is 436 g/mol. The van der Waals surface area contributed by atoms with Crippen molar-refractivity contribution >= 4 is 41.6 Å². The van der Waals surface area contributed by atoms with Gasteiger partial charge in [-0.05, 0) is 56.0 Å². The van der Waals surface area contributed by atoms with Gasteiger partial charge in [-0.25, -0.2) is 9.37 Å². The predicted molar refractivity (Wildman–Crippen MR) is 127 cm³/mol. The minimum Gasteiger partial charge on any atom is -0.339 e. The van der Waals surface area contributed by atoms with Gasteiger partial charge in [0.05, 0.1) is 16.8 Å². The fourth-order valence-corrected chi connectivity index (χ4v) is 4.73. The highest BCUT2D eigenvalue weighted by atomic mass is 35.5. The summed E-state index contributed by atoms with van der Waals surface area (Å²) in [7, 11) is 0. The van der Waals surface area contributed by atoms with Gasteiger partial charge < -0.3 is 10.2 Å². The molecule has 0 aliphatic carbocycles. The van der Waals surface area contributed by atoms with Gasteiger partial charge in [-0.1, -0.05) is 30.3 Å². The predicted octanol–water partition coefficient (Wildman–Crippen LogP) is 4.96. The van der Waals surface area contributed by atoms with Gasteiger partial charge in [0, 0.05) is 30.1 Å². The largest absolute Gasteiger partial charge is 0.339 e. The molecule has 7 heteroatoms. The van der Waals surface area contributed by atoms with Gasteiger partial charge in [0.25, 0.3) is 5.91 Å². The molecule has 2 saturated heterocycles. The number of benzene rings is 2. The number of hydrogen-bond donors (Lipinski definition) is 1. The Labute approximate surface area is 194 Å². The molecule has 2 atom stereocenters. The van der Waals surface area contributed by atoms with E-state index < -0.39 is 0 Å². The third-order valence-electron chi connectivity index (χ3n) is 6.38. The lowest BCUT2D eigenvalue weighted by atomic mass is 9.92. The maximum Gasteiger partial charge on any atom is 0.254 e. The zero-order valence-corrected chi connectivity index (χ0v) is 18.7. The number of hydrogen-bond acceptors (Lipinski definition) is 3. The van der Waals surface area contributed by atoms with E-state index in [0.717, 1.165) is 44.6 Å². The van der Waals surface area contributed by atoms with Crippen LogP contribution < -0.4 is 5.32 Å². The molecule has 2 fully saturated rings. The minimum absolute atomic E-state index is 0. The Kier molecular flexibility index (Phi) is 7.52. The van der Waals surface area contributed by atoms with E-state index in [-0.39, 0.29) is 36.5 Å². The number of pyridine rings is 1. The van der Waals surface area contributed by atoms with E-state index >= 15 is 0 Å². The zero-order chi connectivity index (χ0) is 19.8. The van der Waals surface area contributed by atoms with Gasteiger partial charge in [0.15, 0.2) is 0 Å². The standard InChI is InChI=1S/C24H24FN3O.2ClH/c25-19-6-7-20-21(13-22(27-23(20)12-19)16-4-2-1-3-5-16)24(29)28-10-8-17-14-26-15-18(17)9-11-28;;/h1-7,12-13,17-18,26H,8-11,14-15H2;2*1H/t17-,18+;;. The fourth-order valence-electron chi connectivity index (χ4n) is 4.73. The van der Waals surface area contributed by atoms with Crippen LogP contribution in [0.4, 0.5) is 4.39 Å². The summed E-state index contributed by atoms with van der Waals surface area (Å²) < 4.78 is 13.9. The van der Waals surface area contributed by atoms with Gasteiger partial charge in [0.1, 0.15) is 5.82 Å². The lowest BCUT2D eigenvalue weighted by Crippen LogP contribution is -2.33. The van der Waals surface area contributed by atoms with Crippen molar-refractivity contribution in [2.75, 3.05) is 26.2 Å². The van der Waals surface area contributed by atoms with Crippen LogP contribution in [0.3, 0.4) is 0 Å². The first-order valence-electron chi connectivity index (χ1n) is 10.3. The molecule has 3 aromatic rings. The molecular formula is C24H26Cl2FN3O. The molecule has 1 amide bonds. The lowest BCUT2D eigenvalue weighted by molar-refractivity contribution is 0.0760. The molecule has 2 aromatic carbocycles. The van der Waals surface area contributed by atoms with E-state index in [4.69, 9.17) is 0 Å². The third-order valence-corrected chi connectivity index (χ3v) is 6.38. The van der Waals surface area contributed by atoms with E-state index in [1.165, 1.54) is 12.1 Å². The molecule has 3 heterocycles. The van der Waals surface area contributed by atoms with Gasteiger partial charge in [-0.2, -0.15) is 0 Å². The molecule has 1 N–H and O–H groups in total. The van der Waals surface area contributed by atoms with Crippen LogP contribution in [0.25, 0.3) is 22.2 Å². The topological polar surface area (TPSA) is 45.2 Å². The fraction of sp³-hybridized carbons (Fsp3) is 0.333. The number of nitrogens with one attached hydrogen (secondary N) is 1. The molecule has 0 radical (unpaired) electrons. The number of rotatable bonds is 2. The first kappa shape index (κ1) is 23.5. The second-order valence-corrected chi connectivity index (χ2v) is 8.13. The molecule has 2 aliphatic heterocycles. The van der Waals surface area contributed by atoms with Crippen molar-refractivity contribution in [3.8, 4) is 11.3 Å². The summed E-state index contributed by atoms with van der Waals surface area (Å²) in [4.78, 5) is 20.2. The molecule has 164 valence electrons. The summed E-state index contributed by atoms with van der Waals surface area (Å²) in [6, 6.07) is 16.1. The molecule has 0 saturated carbocycles. The molecule has 1 aromatic heterocycles. The number of likely N-dealkylation sites (tertiary alicyclic amines) is 1. The highest BCUT2D eigenvalue weighted by Crippen LogP contribution is 2.30. The van der Waals surface area contributed by atoms with Crippen LogP contribution in [0.15, 0.2) is 54.6 Å². The highest BCUT2D eigenvalue weighted by molar-refractivity contribution is 6.07. The first-order valence-corrected chi connectivity index (χ1v) is 10.3. The molecule has 0 spiro atoms. The Morgan fingerprint density at radius 1 is 0.968 bits per heavy atom. The monoisotopic (exact) mass is 461 g/mol. The van der Waals surface area contributed by atoms with Crippen molar-refractivity contribution in [2.24, 2.45) is 11.8 Å². The van der Waals surface area contributed by atoms with Crippen molar-refractivity contribution in [1.29, 1.82) is 0 Å². The molecule has 0 bridgehead atoms. The number of amides is 1. The van der Waals surface area contributed by atoms with Gasteiger partial charge in [-0.15, -0.1) is 24.8 Å². The number of fused-ring (bicyclic) bond motifs is 2. The smallest absolute Gasteiger partial charge is 0.254 e. The summed E-state index contributed by atoms with van der Waals surface area (Å²) in [6.45, 7) is 3.66. The number of nitrogens with zero attached hydrogens (tertiary/aromatic N) is 2. The van der Waals surface area contributed by atoms with Crippen LogP contribution in [0.2, 0.25) is 0 Å². The Morgan fingerprint density at radius 2 is 1.65 bits per heavy atom. The van der Waals surface area contributed by atoms with Gasteiger partial charge >= 0.3 is 0 Å². The number of halogens is 3. The van der Waals surface area contributed by atoms with Crippen LogP contribution in [-0.4, -0.2) is 42.0 Å². The van der Waals surface area contributed by atoms with Crippen molar-refractivity contribution in [1.82, 2.24) is 15.2 Å². The Balaban J connectivity index is 0.00000136. The van der Waals surface area contributed by atoms with Crippen molar-refractivity contribution in [3.63, 3.8) is 0 Å². The molecule has 4 nitrogen and oxygen atoms in total. The summed E-state index contributed by atoms with van der Waals surface area (Å²) >= 11 is 0. The van der Waals surface area contributed by atoms with E-state index in [0.29, 0.717) is 34.0 Å². The SMILES string of the molecule is Cl.Cl.O=C(c1cc(-c2ccccc2)nc2cc(F)ccc12)N1CC[C@@H]2CNC[C@@H]2CC1. The first-order chi connectivity index (χ1) is 14.2. The molecule has 31 heavy (non-hydrogen) atoms. The average Bonchev–Trinajstić information content (AvgIpc) is 3.11. The van der Waals surface area contributed by atoms with E-state index in [1.807, 2.05) is 41.3 Å². The van der Waals surface area contributed by atoms with Crippen molar-refractivity contribution < 1.29 is 9.18 Å². The normalized spacial score (nSPS) is 20.4. The Morgan fingerprint density at radius 3 is 2.32 bits per heavy atom. The third kappa shape index (κ3) is 4.69. The lowest BCUT2D eigenvalue weighted by Gasteiger charge is -2.22. The summed E-state index contributed by atoms with van der Waals surface area (Å²) in [5.41, 5.74) is 2.75. The molecule has 5 rings (SSSR count). The van der Waals surface area contributed by atoms with Crippen LogP contribution in [-0.2, 0) is 0 Å². The van der Waals surface area contributed by atoms with Crippen LogP contribution in [0, 0.1) is 17.7 Å². The number of aromatic nitrogens is 1. The Bertz CT molecular complexity index is 1050. The van der Waals surface area contributed by atoms with Gasteiger partial charge in [0.2, 0.25) is 0 Å². The molecule has 2 aliphatic rings. The second-order valence-electron chi connectivity index (χ2n) is 8.13. The second kappa shape index (κ2) is 9.94. The number of carbonyl (C=O) groups is 1. The van der Waals surface area contributed by atoms with Crippen LogP contribution in [0.1, 0.15) is 23.2 Å². The van der Waals surface area contributed by atoms with Crippen molar-refractivity contribution in [2.45, 2.75) is 12.8 Å². The summed E-state index contributed by atoms with van der Waals surface area (Å²) in [5.74, 6) is 1.00. The quantitative estimate of drug-likeness (QED) is 0.586. The number of carbonyl (C=O) groups excluding carboxylic acids is 1. The summed E-state index contributed by atoms with van der Waals surface area (Å²) in [6.07, 6.45) is 2.07. The maximum atomic E-state index is 13.9. The molecule has 0 unspecified atom stereocenters. The maximum absolute atomic E-state index is 13.9. The van der Waals surface area contributed by atoms with Crippen LogP contribution >= 0.6 is 24.8 Å². The van der Waals surface area contributed by atoms with E-state index in [2.05, 4.69) is 10.3 Å². The van der Waals surface area contributed by atoms with E-state index in [1.54, 1.807) is 6.07 Å². The van der Waals surface area contributed by atoms with E-state index in [9.17, 15) is 9.18 Å². The van der Waals surface area contributed by atoms with Crippen LogP contribution in [0.5, 0.6) is 0 Å². The summed E-state index contributed by atoms with van der Waals surface area (Å²) in [5, 5.41) is 4.19. The zero-order valence-electron chi connectivity index (χ0n) is 17.1. The average molecular weight is 462 g/mol. The highest BCUT2D eigenvalue weighted by Gasteiger charge is 2.32. The van der Waals surface area contributed by atoms with Crippen molar-refractivity contribution in [3.05, 3.63) is 66.0 Å².